The molecular weight excluding hydrogens is 318 g/mol. The van der Waals surface area contributed by atoms with E-state index < -0.39 is 0 Å². The summed E-state index contributed by atoms with van der Waals surface area (Å²) in [5.74, 6) is 0.206. The third kappa shape index (κ3) is 4.37. The Morgan fingerprint density at radius 3 is 3.08 bits per heavy atom. The minimum atomic E-state index is -0.289. The van der Waals surface area contributed by atoms with Gasteiger partial charge in [-0.25, -0.2) is 0 Å². The number of hydrogen-bond donors (Lipinski definition) is 0. The van der Waals surface area contributed by atoms with Crippen LogP contribution in [0.15, 0.2) is 24.4 Å². The van der Waals surface area contributed by atoms with Gasteiger partial charge in [-0.3, -0.25) is 9.78 Å². The molecule has 0 unspecified atom stereocenters. The quantitative estimate of drug-likeness (QED) is 0.784. The van der Waals surface area contributed by atoms with Crippen molar-refractivity contribution in [2.45, 2.75) is 43.9 Å². The standard InChI is InChI=1S/C19H29N3O3/c1-21(14-16-6-3-4-10-20-16)11-8-18(23)22-12-7-17(24-2)19(15-22)9-5-13-25-19/h3-4,6,10,17H,5,7-9,11-15H2,1-2H3/t17-,19-/m0/s1. The van der Waals surface area contributed by atoms with Crippen molar-refractivity contribution >= 4 is 5.91 Å². The van der Waals surface area contributed by atoms with Crippen LogP contribution in [0.3, 0.4) is 0 Å². The van der Waals surface area contributed by atoms with Crippen LogP contribution >= 0.6 is 0 Å². The van der Waals surface area contributed by atoms with Crippen molar-refractivity contribution in [3.05, 3.63) is 30.1 Å². The Kier molecular flexibility index (Phi) is 6.04. The number of likely N-dealkylation sites (tertiary alicyclic amines) is 1. The van der Waals surface area contributed by atoms with Crippen LogP contribution in [0.4, 0.5) is 0 Å². The molecule has 6 heteroatoms. The van der Waals surface area contributed by atoms with Crippen LogP contribution < -0.4 is 0 Å². The zero-order valence-corrected chi connectivity index (χ0v) is 15.3. The zero-order valence-electron chi connectivity index (χ0n) is 15.3. The SMILES string of the molecule is CO[C@H]1CCN(C(=O)CCN(C)Cc2ccccn2)C[C@@]12CCCO2. The first-order valence-electron chi connectivity index (χ1n) is 9.16. The Morgan fingerprint density at radius 1 is 1.52 bits per heavy atom. The third-order valence-electron chi connectivity index (χ3n) is 5.34. The number of nitrogens with zero attached hydrogens (tertiary/aromatic N) is 3. The van der Waals surface area contributed by atoms with E-state index in [2.05, 4.69) is 9.88 Å². The number of amides is 1. The molecule has 25 heavy (non-hydrogen) atoms. The number of aromatic nitrogens is 1. The minimum absolute atomic E-state index is 0.103. The highest BCUT2D eigenvalue weighted by molar-refractivity contribution is 5.76. The van der Waals surface area contributed by atoms with Gasteiger partial charge < -0.3 is 19.3 Å². The van der Waals surface area contributed by atoms with Crippen LogP contribution in [0, 0.1) is 0 Å². The predicted molar refractivity (Wildman–Crippen MR) is 95.1 cm³/mol. The van der Waals surface area contributed by atoms with Gasteiger partial charge in [0.25, 0.3) is 0 Å². The van der Waals surface area contributed by atoms with Gasteiger partial charge >= 0.3 is 0 Å². The van der Waals surface area contributed by atoms with Crippen molar-refractivity contribution in [2.75, 3.05) is 40.4 Å². The fraction of sp³-hybridized carbons (Fsp3) is 0.684. The van der Waals surface area contributed by atoms with Gasteiger partial charge in [0.2, 0.25) is 5.91 Å². The minimum Gasteiger partial charge on any atom is -0.378 e. The number of rotatable bonds is 6. The lowest BCUT2D eigenvalue weighted by atomic mass is 9.86. The summed E-state index contributed by atoms with van der Waals surface area (Å²) in [5, 5.41) is 0. The summed E-state index contributed by atoms with van der Waals surface area (Å²) >= 11 is 0. The van der Waals surface area contributed by atoms with Crippen molar-refractivity contribution in [2.24, 2.45) is 0 Å². The molecule has 0 saturated carbocycles. The second-order valence-corrected chi connectivity index (χ2v) is 7.15. The van der Waals surface area contributed by atoms with Crippen molar-refractivity contribution in [3.63, 3.8) is 0 Å². The van der Waals surface area contributed by atoms with Crippen LogP contribution in [0.1, 0.15) is 31.4 Å². The van der Waals surface area contributed by atoms with Gasteiger partial charge in [-0.2, -0.15) is 0 Å². The topological polar surface area (TPSA) is 54.9 Å². The molecule has 1 amide bonds. The number of ether oxygens (including phenoxy) is 2. The maximum atomic E-state index is 12.7. The fourth-order valence-corrected chi connectivity index (χ4v) is 3.98. The van der Waals surface area contributed by atoms with Gasteiger partial charge in [0.05, 0.1) is 18.3 Å². The molecular formula is C19H29N3O3. The van der Waals surface area contributed by atoms with E-state index in [1.807, 2.05) is 30.1 Å². The molecule has 2 atom stereocenters. The Labute approximate surface area is 150 Å². The second-order valence-electron chi connectivity index (χ2n) is 7.15. The Bertz CT molecular complexity index is 560. The van der Waals surface area contributed by atoms with E-state index in [1.165, 1.54) is 0 Å². The van der Waals surface area contributed by atoms with Gasteiger partial charge in [0.15, 0.2) is 0 Å². The van der Waals surface area contributed by atoms with Gasteiger partial charge in [-0.1, -0.05) is 6.07 Å². The number of methoxy groups -OCH3 is 1. The van der Waals surface area contributed by atoms with E-state index in [4.69, 9.17) is 9.47 Å². The Hall–Kier alpha value is -1.50. The summed E-state index contributed by atoms with van der Waals surface area (Å²) in [5.41, 5.74) is 0.736. The third-order valence-corrected chi connectivity index (χ3v) is 5.34. The maximum Gasteiger partial charge on any atom is 0.223 e. The lowest BCUT2D eigenvalue weighted by Gasteiger charge is -2.44. The maximum absolute atomic E-state index is 12.7. The Balaban J connectivity index is 1.49. The first-order chi connectivity index (χ1) is 12.1. The lowest BCUT2D eigenvalue weighted by molar-refractivity contribution is -0.160. The smallest absolute Gasteiger partial charge is 0.223 e. The number of piperidine rings is 1. The first-order valence-corrected chi connectivity index (χ1v) is 9.16. The molecule has 0 aliphatic carbocycles. The predicted octanol–water partition coefficient (Wildman–Crippen LogP) is 1.70. The summed E-state index contributed by atoms with van der Waals surface area (Å²) in [7, 11) is 3.78. The highest BCUT2D eigenvalue weighted by Crippen LogP contribution is 2.36. The van der Waals surface area contributed by atoms with E-state index in [1.54, 1.807) is 13.3 Å². The molecule has 1 aromatic heterocycles. The molecule has 0 bridgehead atoms. The highest BCUT2D eigenvalue weighted by atomic mass is 16.6. The van der Waals surface area contributed by atoms with Gasteiger partial charge in [-0.15, -0.1) is 0 Å². The van der Waals surface area contributed by atoms with Crippen LogP contribution in [0.5, 0.6) is 0 Å². The largest absolute Gasteiger partial charge is 0.378 e. The lowest BCUT2D eigenvalue weighted by Crippen LogP contribution is -2.58. The molecule has 2 aliphatic heterocycles. The average Bonchev–Trinajstić information content (AvgIpc) is 3.09. The monoisotopic (exact) mass is 347 g/mol. The van der Waals surface area contributed by atoms with E-state index in [0.717, 1.165) is 51.2 Å². The number of pyridine rings is 1. The normalized spacial score (nSPS) is 26.5. The second kappa shape index (κ2) is 8.25. The molecule has 2 saturated heterocycles. The zero-order chi connectivity index (χ0) is 17.7. The van der Waals surface area contributed by atoms with Crippen LogP contribution in [-0.2, 0) is 20.8 Å². The Morgan fingerprint density at radius 2 is 2.40 bits per heavy atom. The summed E-state index contributed by atoms with van der Waals surface area (Å²) in [6.45, 7) is 3.68. The fourth-order valence-electron chi connectivity index (χ4n) is 3.98. The van der Waals surface area contributed by atoms with Crippen LogP contribution in [0.25, 0.3) is 0 Å². The van der Waals surface area contributed by atoms with Crippen molar-refractivity contribution in [1.82, 2.24) is 14.8 Å². The van der Waals surface area contributed by atoms with Crippen molar-refractivity contribution in [3.8, 4) is 0 Å². The molecule has 1 aromatic rings. The van der Waals surface area contributed by atoms with Crippen LogP contribution in [0.2, 0.25) is 0 Å². The molecule has 138 valence electrons. The summed E-state index contributed by atoms with van der Waals surface area (Å²) in [6, 6.07) is 5.91. The molecule has 0 N–H and O–H groups in total. The number of carbonyl (C=O) groups is 1. The van der Waals surface area contributed by atoms with E-state index in [-0.39, 0.29) is 17.6 Å². The van der Waals surface area contributed by atoms with E-state index in [9.17, 15) is 4.79 Å². The summed E-state index contributed by atoms with van der Waals surface area (Å²) in [4.78, 5) is 21.1. The highest BCUT2D eigenvalue weighted by Gasteiger charge is 2.48. The van der Waals surface area contributed by atoms with Gasteiger partial charge in [-0.05, 0) is 38.4 Å². The van der Waals surface area contributed by atoms with Gasteiger partial charge in [0, 0.05) is 46.0 Å². The molecule has 0 aromatic carbocycles. The number of hydrogen-bond acceptors (Lipinski definition) is 5. The molecule has 0 radical (unpaired) electrons. The molecule has 1 spiro atoms. The molecule has 3 rings (SSSR count). The summed E-state index contributed by atoms with van der Waals surface area (Å²) in [6.07, 6.45) is 5.31. The van der Waals surface area contributed by atoms with E-state index >= 15 is 0 Å². The van der Waals surface area contributed by atoms with E-state index in [0.29, 0.717) is 13.0 Å². The molecule has 2 aliphatic rings. The first kappa shape index (κ1) is 18.3. The molecule has 2 fully saturated rings. The van der Waals surface area contributed by atoms with Crippen LogP contribution in [-0.4, -0.2) is 72.8 Å². The molecule has 3 heterocycles. The summed E-state index contributed by atoms with van der Waals surface area (Å²) < 4.78 is 11.7. The number of carbonyl (C=O) groups excluding carboxylic acids is 1. The van der Waals surface area contributed by atoms with Crippen molar-refractivity contribution < 1.29 is 14.3 Å². The molecule has 6 nitrogen and oxygen atoms in total. The van der Waals surface area contributed by atoms with Crippen molar-refractivity contribution in [1.29, 1.82) is 0 Å². The average molecular weight is 347 g/mol. The van der Waals surface area contributed by atoms with Gasteiger partial charge in [0.1, 0.15) is 5.60 Å².